The Labute approximate surface area is 197 Å². The van der Waals surface area contributed by atoms with Gasteiger partial charge in [0.1, 0.15) is 0 Å². The SMILES string of the molecule is CCCCCCCCCCc1ccc(C(=S)Sc2ccc(/C=C(\C)C(=O)O)cc2)cc1. The molecule has 0 saturated carbocycles. The van der Waals surface area contributed by atoms with Crippen molar-refractivity contribution in [3.8, 4) is 0 Å². The van der Waals surface area contributed by atoms with Gasteiger partial charge < -0.3 is 5.11 Å². The van der Waals surface area contributed by atoms with Gasteiger partial charge in [-0.05, 0) is 54.7 Å². The number of carboxylic acids is 1. The van der Waals surface area contributed by atoms with Crippen LogP contribution in [0.15, 0.2) is 59.0 Å². The van der Waals surface area contributed by atoms with Crippen molar-refractivity contribution in [1.82, 2.24) is 0 Å². The lowest BCUT2D eigenvalue weighted by molar-refractivity contribution is -0.132. The maximum Gasteiger partial charge on any atom is 0.331 e. The van der Waals surface area contributed by atoms with Crippen molar-refractivity contribution in [2.45, 2.75) is 76.5 Å². The molecule has 2 rings (SSSR count). The van der Waals surface area contributed by atoms with E-state index in [0.29, 0.717) is 5.57 Å². The minimum Gasteiger partial charge on any atom is -0.478 e. The molecule has 0 aliphatic rings. The van der Waals surface area contributed by atoms with Crippen molar-refractivity contribution in [3.05, 3.63) is 70.8 Å². The molecule has 4 heteroatoms. The molecule has 0 saturated heterocycles. The summed E-state index contributed by atoms with van der Waals surface area (Å²) in [4.78, 5) is 12.0. The molecule has 0 spiro atoms. The van der Waals surface area contributed by atoms with Gasteiger partial charge in [-0.15, -0.1) is 0 Å². The average Bonchev–Trinajstić information content (AvgIpc) is 2.77. The van der Waals surface area contributed by atoms with Gasteiger partial charge in [0.2, 0.25) is 0 Å². The van der Waals surface area contributed by atoms with Crippen molar-refractivity contribution >= 4 is 40.2 Å². The zero-order chi connectivity index (χ0) is 22.5. The maximum atomic E-state index is 10.9. The van der Waals surface area contributed by atoms with Crippen LogP contribution in [0.25, 0.3) is 6.08 Å². The lowest BCUT2D eigenvalue weighted by Crippen LogP contribution is -1.95. The summed E-state index contributed by atoms with van der Waals surface area (Å²) < 4.78 is 0.851. The molecule has 0 aliphatic heterocycles. The molecule has 1 N–H and O–H groups in total. The van der Waals surface area contributed by atoms with Crippen LogP contribution in [0.5, 0.6) is 0 Å². The summed E-state index contributed by atoms with van der Waals surface area (Å²) in [5.74, 6) is -0.898. The molecule has 0 bridgehead atoms. The minimum absolute atomic E-state index is 0.322. The first kappa shape index (κ1) is 25.4. The van der Waals surface area contributed by atoms with Crippen molar-refractivity contribution in [2.75, 3.05) is 0 Å². The van der Waals surface area contributed by atoms with E-state index in [1.54, 1.807) is 24.8 Å². The standard InChI is InChI=1S/C27H34O2S2/c1-3-4-5-6-7-8-9-10-11-22-12-16-24(17-13-22)27(30)31-25-18-14-23(15-19-25)20-21(2)26(28)29/h12-20H,3-11H2,1-2H3,(H,28,29)/b21-20+. The lowest BCUT2D eigenvalue weighted by Gasteiger charge is -2.07. The topological polar surface area (TPSA) is 37.3 Å². The normalized spacial score (nSPS) is 11.5. The Bertz CT molecular complexity index is 852. The zero-order valence-corrected chi connectivity index (χ0v) is 20.4. The third-order valence-electron chi connectivity index (χ3n) is 5.32. The van der Waals surface area contributed by atoms with Gasteiger partial charge in [0, 0.05) is 10.5 Å². The first-order valence-electron chi connectivity index (χ1n) is 11.3. The highest BCUT2D eigenvalue weighted by atomic mass is 32.2. The number of rotatable bonds is 13. The van der Waals surface area contributed by atoms with E-state index >= 15 is 0 Å². The molecule has 2 nitrogen and oxygen atoms in total. The largest absolute Gasteiger partial charge is 0.478 e. The Morgan fingerprint density at radius 2 is 1.48 bits per heavy atom. The van der Waals surface area contributed by atoms with Gasteiger partial charge in [-0.25, -0.2) is 4.79 Å². The summed E-state index contributed by atoms with van der Waals surface area (Å²) in [6, 6.07) is 16.5. The molecule has 0 atom stereocenters. The highest BCUT2D eigenvalue weighted by molar-refractivity contribution is 8.23. The highest BCUT2D eigenvalue weighted by Crippen LogP contribution is 2.25. The summed E-state index contributed by atoms with van der Waals surface area (Å²) in [5, 5.41) is 8.98. The van der Waals surface area contributed by atoms with Crippen LogP contribution in [0.1, 0.15) is 81.9 Å². The number of carbonyl (C=O) groups is 1. The number of benzene rings is 2. The van der Waals surface area contributed by atoms with Crippen LogP contribution >= 0.6 is 24.0 Å². The van der Waals surface area contributed by atoms with Gasteiger partial charge in [-0.1, -0.05) is 112 Å². The van der Waals surface area contributed by atoms with E-state index in [1.807, 2.05) is 24.3 Å². The van der Waals surface area contributed by atoms with E-state index in [4.69, 9.17) is 17.3 Å². The molecule has 2 aromatic carbocycles. The third kappa shape index (κ3) is 9.84. The molecule has 0 amide bonds. The molecule has 0 fully saturated rings. The molecule has 0 aromatic heterocycles. The van der Waals surface area contributed by atoms with E-state index in [1.165, 1.54) is 56.9 Å². The van der Waals surface area contributed by atoms with Crippen molar-refractivity contribution in [1.29, 1.82) is 0 Å². The molecule has 2 aromatic rings. The highest BCUT2D eigenvalue weighted by Gasteiger charge is 2.05. The molecule has 166 valence electrons. The Hall–Kier alpha value is -1.91. The van der Waals surface area contributed by atoms with E-state index in [-0.39, 0.29) is 0 Å². The number of unbranched alkanes of at least 4 members (excludes halogenated alkanes) is 7. The molecule has 0 radical (unpaired) electrons. The number of thioether (sulfide) groups is 1. The second-order valence-electron chi connectivity index (χ2n) is 8.01. The van der Waals surface area contributed by atoms with E-state index < -0.39 is 5.97 Å². The van der Waals surface area contributed by atoms with Gasteiger partial charge in [-0.3, -0.25) is 0 Å². The number of aryl methyl sites for hydroxylation is 1. The molecule has 0 aliphatic carbocycles. The first-order valence-corrected chi connectivity index (χ1v) is 12.5. The summed E-state index contributed by atoms with van der Waals surface area (Å²) in [7, 11) is 0. The summed E-state index contributed by atoms with van der Waals surface area (Å²) in [6.07, 6.45) is 13.6. The Morgan fingerprint density at radius 3 is 2.06 bits per heavy atom. The Balaban J connectivity index is 1.76. The minimum atomic E-state index is -0.898. The molecular weight excluding hydrogens is 420 g/mol. The number of hydrogen-bond acceptors (Lipinski definition) is 3. The van der Waals surface area contributed by atoms with Crippen LogP contribution in [0.4, 0.5) is 0 Å². The third-order valence-corrected chi connectivity index (χ3v) is 6.73. The Kier molecular flexibility index (Phi) is 11.6. The Morgan fingerprint density at radius 1 is 0.903 bits per heavy atom. The van der Waals surface area contributed by atoms with Gasteiger partial charge in [0.05, 0.1) is 4.20 Å². The molecule has 31 heavy (non-hydrogen) atoms. The van der Waals surface area contributed by atoms with Crippen molar-refractivity contribution in [3.63, 3.8) is 0 Å². The van der Waals surface area contributed by atoms with Crippen LogP contribution in [0, 0.1) is 0 Å². The van der Waals surface area contributed by atoms with Gasteiger partial charge >= 0.3 is 5.97 Å². The van der Waals surface area contributed by atoms with Gasteiger partial charge in [0.15, 0.2) is 0 Å². The van der Waals surface area contributed by atoms with Crippen molar-refractivity contribution in [2.24, 2.45) is 0 Å². The predicted molar refractivity (Wildman–Crippen MR) is 138 cm³/mol. The van der Waals surface area contributed by atoms with Gasteiger partial charge in [0.25, 0.3) is 0 Å². The van der Waals surface area contributed by atoms with E-state index in [2.05, 4.69) is 31.2 Å². The van der Waals surface area contributed by atoms with Crippen LogP contribution in [-0.4, -0.2) is 15.3 Å². The fraction of sp³-hybridized carbons (Fsp3) is 0.407. The number of hydrogen-bond donors (Lipinski definition) is 1. The second-order valence-corrected chi connectivity index (χ2v) is 9.76. The van der Waals surface area contributed by atoms with Crippen LogP contribution < -0.4 is 0 Å². The zero-order valence-electron chi connectivity index (χ0n) is 18.7. The average molecular weight is 455 g/mol. The summed E-state index contributed by atoms with van der Waals surface area (Å²) in [5.41, 5.74) is 3.65. The van der Waals surface area contributed by atoms with Crippen LogP contribution in [0.3, 0.4) is 0 Å². The second kappa shape index (κ2) is 14.2. The fourth-order valence-electron chi connectivity index (χ4n) is 3.38. The predicted octanol–water partition coefficient (Wildman–Crippen LogP) is 8.33. The first-order chi connectivity index (χ1) is 15.0. The number of aliphatic carboxylic acids is 1. The lowest BCUT2D eigenvalue weighted by atomic mass is 10.0. The smallest absolute Gasteiger partial charge is 0.331 e. The quantitative estimate of drug-likeness (QED) is 0.143. The van der Waals surface area contributed by atoms with Crippen LogP contribution in [-0.2, 0) is 11.2 Å². The molecular formula is C27H34O2S2. The monoisotopic (exact) mass is 454 g/mol. The fourth-order valence-corrected chi connectivity index (χ4v) is 4.55. The number of thiocarbonyl (C=S) groups is 1. The van der Waals surface area contributed by atoms with E-state index in [9.17, 15) is 4.79 Å². The molecule has 0 unspecified atom stereocenters. The maximum absolute atomic E-state index is 10.9. The van der Waals surface area contributed by atoms with Crippen LogP contribution in [0.2, 0.25) is 0 Å². The molecule has 0 heterocycles. The summed E-state index contributed by atoms with van der Waals surface area (Å²) in [6.45, 7) is 3.86. The van der Waals surface area contributed by atoms with E-state index in [0.717, 1.165) is 26.6 Å². The van der Waals surface area contributed by atoms with Crippen molar-refractivity contribution < 1.29 is 9.90 Å². The summed E-state index contributed by atoms with van der Waals surface area (Å²) >= 11 is 7.18. The van der Waals surface area contributed by atoms with Gasteiger partial charge in [-0.2, -0.15) is 0 Å². The number of carboxylic acid groups (broad SMARTS) is 1.